The Kier molecular flexibility index (Phi) is 13.0. The van der Waals surface area contributed by atoms with Crippen LogP contribution in [0.5, 0.6) is 0 Å². The van der Waals surface area contributed by atoms with Crippen LogP contribution in [0.3, 0.4) is 0 Å². The van der Waals surface area contributed by atoms with Crippen LogP contribution in [0.2, 0.25) is 0 Å². The van der Waals surface area contributed by atoms with Crippen molar-refractivity contribution in [1.29, 1.82) is 0 Å². The van der Waals surface area contributed by atoms with Crippen molar-refractivity contribution in [3.63, 3.8) is 0 Å². The van der Waals surface area contributed by atoms with E-state index in [4.69, 9.17) is 19.9 Å². The van der Waals surface area contributed by atoms with Crippen LogP contribution in [-0.4, -0.2) is 12.6 Å². The van der Waals surface area contributed by atoms with Gasteiger partial charge >= 0.3 is 5.97 Å². The van der Waals surface area contributed by atoms with Gasteiger partial charge in [0.05, 0.1) is 24.5 Å². The summed E-state index contributed by atoms with van der Waals surface area (Å²) in [6, 6.07) is 24.4. The van der Waals surface area contributed by atoms with E-state index in [1.54, 1.807) is 31.2 Å². The van der Waals surface area contributed by atoms with Crippen molar-refractivity contribution in [3.05, 3.63) is 201 Å². The first-order chi connectivity index (χ1) is 26.8. The first-order valence-electron chi connectivity index (χ1n) is 16.5. The van der Waals surface area contributed by atoms with Gasteiger partial charge in [0.1, 0.15) is 11.1 Å². The van der Waals surface area contributed by atoms with E-state index in [1.165, 1.54) is 19.1 Å². The zero-order valence-corrected chi connectivity index (χ0v) is 36.7. The molecular weight excluding hydrogens is 1050 g/mol. The van der Waals surface area contributed by atoms with E-state index in [0.717, 1.165) is 0 Å². The van der Waals surface area contributed by atoms with E-state index in [2.05, 4.69) is 68.5 Å². The molecule has 3 aromatic carbocycles. The minimum Gasteiger partial charge on any atom is -0.644 e. The molecule has 5 heterocycles. The summed E-state index contributed by atoms with van der Waals surface area (Å²) in [4.78, 5) is 29.2. The Hall–Kier alpha value is -4.05. The molecule has 1 radical (unpaired) electrons. The maximum atomic E-state index is 15.7. The number of hydrogen-bond donors (Lipinski definition) is 0. The van der Waals surface area contributed by atoms with E-state index in [0.29, 0.717) is 81.6 Å². The number of carbonyl (C=O) groups is 1. The Labute approximate surface area is 367 Å². The van der Waals surface area contributed by atoms with Gasteiger partial charge in [0.15, 0.2) is 5.56 Å². The number of aromatic nitrogens is 4. The zero-order valence-electron chi connectivity index (χ0n) is 29.2. The van der Waals surface area contributed by atoms with Gasteiger partial charge in [0.25, 0.3) is 0 Å². The molecule has 8 rings (SSSR count). The first-order valence-corrected chi connectivity index (χ1v) is 19.7. The van der Waals surface area contributed by atoms with Crippen molar-refractivity contribution in [2.24, 2.45) is 0 Å². The number of benzene rings is 3. The Morgan fingerprint density at radius 3 is 1.12 bits per heavy atom. The van der Waals surface area contributed by atoms with Crippen LogP contribution in [0, 0.1) is 46.8 Å². The Morgan fingerprint density at radius 1 is 0.509 bits per heavy atom. The molecular formula is C41H22Br4F5MnN4O2-. The SMILES string of the molecule is CCOC(C)=O.Fc1c(F)c(F)c([C+]2c3ccc([n-]3)[C+](c3c(Br)cccc3Br)c3ccc([n-]3)-c3ccc([n-]3)[C+](c3c(Br)cccc3Br)c3ccc2[n-]3)c(F)c1F.[Mn]. The van der Waals surface area contributed by atoms with Gasteiger partial charge in [0.2, 0.25) is 29.1 Å². The molecule has 0 saturated heterocycles. The Bertz CT molecular complexity index is 2400. The number of ether oxygens (including phenoxy) is 1. The summed E-state index contributed by atoms with van der Waals surface area (Å²) in [5.41, 5.74) is 2.81. The summed E-state index contributed by atoms with van der Waals surface area (Å²) in [5.74, 6) is -10.0. The van der Waals surface area contributed by atoms with Crippen molar-refractivity contribution < 1.29 is 48.6 Å². The molecule has 6 nitrogen and oxygen atoms in total. The van der Waals surface area contributed by atoms with E-state index < -0.39 is 40.6 Å². The van der Waals surface area contributed by atoms with Crippen LogP contribution < -0.4 is 19.9 Å². The minimum atomic E-state index is -2.27. The van der Waals surface area contributed by atoms with Gasteiger partial charge in [-0.1, -0.05) is 11.4 Å². The minimum absolute atomic E-state index is 0. The molecule has 0 fully saturated rings. The van der Waals surface area contributed by atoms with Crippen molar-refractivity contribution in [3.8, 4) is 11.4 Å². The quantitative estimate of drug-likeness (QED) is 0.0436. The van der Waals surface area contributed by atoms with E-state index >= 15 is 8.78 Å². The van der Waals surface area contributed by atoms with Crippen LogP contribution in [0.25, 0.3) is 11.4 Å². The second-order valence-corrected chi connectivity index (χ2v) is 15.5. The van der Waals surface area contributed by atoms with Crippen molar-refractivity contribution >= 4 is 69.7 Å². The summed E-state index contributed by atoms with van der Waals surface area (Å²) in [5, 5.41) is 0. The monoisotopic (exact) mass is 1070 g/mol. The molecule has 16 heteroatoms. The number of rotatable bonds is 4. The number of nitrogens with zero attached hydrogens (tertiary/aromatic N) is 4. The normalized spacial score (nSPS) is 12.0. The van der Waals surface area contributed by atoms with Gasteiger partial charge in [0, 0.05) is 130 Å². The van der Waals surface area contributed by atoms with Crippen LogP contribution >= 0.6 is 63.7 Å². The van der Waals surface area contributed by atoms with Crippen LogP contribution in [0.1, 0.15) is 64.7 Å². The van der Waals surface area contributed by atoms with Gasteiger partial charge in [-0.3, -0.25) is 4.79 Å². The van der Waals surface area contributed by atoms with Gasteiger partial charge in [-0.2, -0.15) is 22.0 Å². The van der Waals surface area contributed by atoms with Crippen LogP contribution in [-0.2, 0) is 26.6 Å². The molecule has 8 bridgehead atoms. The van der Waals surface area contributed by atoms with Crippen molar-refractivity contribution in [1.82, 2.24) is 19.9 Å². The number of hydrogen-bond acceptors (Lipinski definition) is 2. The van der Waals surface area contributed by atoms with E-state index in [-0.39, 0.29) is 34.4 Å². The van der Waals surface area contributed by atoms with Gasteiger partial charge < -0.3 is 24.7 Å². The van der Waals surface area contributed by atoms with Gasteiger partial charge in [-0.05, 0) is 90.4 Å². The number of esters is 1. The van der Waals surface area contributed by atoms with E-state index in [1.807, 2.05) is 48.5 Å². The molecule has 0 unspecified atom stereocenters. The van der Waals surface area contributed by atoms with Crippen LogP contribution in [0.15, 0.2) is 103 Å². The summed E-state index contributed by atoms with van der Waals surface area (Å²) in [7, 11) is 0. The van der Waals surface area contributed by atoms with E-state index in [9.17, 15) is 18.0 Å². The maximum Gasteiger partial charge on any atom is 0.302 e. The molecule has 1 aliphatic heterocycles. The molecule has 0 spiro atoms. The standard InChI is InChI=1S/C37H14Br4F5N4.C4H8O2.Mn/c38-15-3-1-4-16(39)27(15)29-21-9-7-19(47-21)20-8-10-22(48-20)30(28-17(40)5-2-6-18(28)41)24-12-14-26(50-24)31(25-13-11-23(29)49-25)32-33(42)35(44)37(46)36(45)34(32)43;1-3-6-4(2)5;/h1-14H;3H2,1-2H3;/q-1;;. The molecule has 4 aromatic heterocycles. The summed E-state index contributed by atoms with van der Waals surface area (Å²) in [6.07, 6.45) is 0. The van der Waals surface area contributed by atoms with Crippen LogP contribution in [0.4, 0.5) is 22.0 Å². The smallest absolute Gasteiger partial charge is 0.302 e. The van der Waals surface area contributed by atoms with Gasteiger partial charge in [-0.15, -0.1) is 11.4 Å². The fourth-order valence-electron chi connectivity index (χ4n) is 6.23. The first kappa shape index (κ1) is 42.6. The number of carbonyl (C=O) groups excluding carboxylic acids is 1. The molecule has 0 N–H and O–H groups in total. The number of halogens is 9. The zero-order chi connectivity index (χ0) is 40.0. The Balaban J connectivity index is 0.000000730. The fraction of sp³-hybridized carbons (Fsp3) is 0.0732. The average molecular weight is 1070 g/mol. The second-order valence-electron chi connectivity index (χ2n) is 12.1. The summed E-state index contributed by atoms with van der Waals surface area (Å²) < 4.78 is 82.5. The molecule has 0 aliphatic carbocycles. The molecule has 1 aliphatic rings. The topological polar surface area (TPSA) is 82.7 Å². The van der Waals surface area contributed by atoms with Crippen molar-refractivity contribution in [2.75, 3.05) is 6.61 Å². The molecule has 0 saturated carbocycles. The third-order valence-corrected chi connectivity index (χ3v) is 11.2. The number of fused-ring (bicyclic) bond motifs is 9. The molecule has 57 heavy (non-hydrogen) atoms. The molecule has 7 aromatic rings. The predicted molar refractivity (Wildman–Crippen MR) is 212 cm³/mol. The summed E-state index contributed by atoms with van der Waals surface area (Å²) >= 11 is 14.5. The van der Waals surface area contributed by atoms with Crippen molar-refractivity contribution in [2.45, 2.75) is 13.8 Å². The second kappa shape index (κ2) is 17.4. The Morgan fingerprint density at radius 2 is 0.807 bits per heavy atom. The third kappa shape index (κ3) is 8.04. The third-order valence-electron chi connectivity index (χ3n) is 8.59. The largest absolute Gasteiger partial charge is 0.644 e. The average Bonchev–Trinajstić information content (AvgIpc) is 4.00. The fourth-order valence-corrected chi connectivity index (χ4v) is 9.02. The summed E-state index contributed by atoms with van der Waals surface area (Å²) in [6.45, 7) is 3.65. The maximum absolute atomic E-state index is 15.7. The molecule has 289 valence electrons. The molecule has 0 atom stereocenters. The van der Waals surface area contributed by atoms with Gasteiger partial charge in [-0.25, -0.2) is 0 Å². The molecule has 0 amide bonds. The predicted octanol–water partition coefficient (Wildman–Crippen LogP) is 10.9.